The van der Waals surface area contributed by atoms with Gasteiger partial charge in [0.05, 0.1) is 5.92 Å². The summed E-state index contributed by atoms with van der Waals surface area (Å²) in [6.45, 7) is 7.82. The van der Waals surface area contributed by atoms with Crippen LogP contribution < -0.4 is 5.32 Å². The molecule has 4 nitrogen and oxygen atoms in total. The number of rotatable bonds is 5. The molecule has 0 spiro atoms. The lowest BCUT2D eigenvalue weighted by atomic mass is 9.94. The van der Waals surface area contributed by atoms with Crippen LogP contribution in [0, 0.1) is 5.92 Å². The minimum atomic E-state index is -0.656. The largest absolute Gasteiger partial charge is 0.481 e. The highest BCUT2D eigenvalue weighted by Crippen LogP contribution is 2.16. The van der Waals surface area contributed by atoms with Crippen LogP contribution in [0.1, 0.15) is 26.7 Å². The van der Waals surface area contributed by atoms with E-state index in [9.17, 15) is 4.79 Å². The molecule has 1 saturated heterocycles. The van der Waals surface area contributed by atoms with E-state index in [1.54, 1.807) is 0 Å². The van der Waals surface area contributed by atoms with Gasteiger partial charge in [-0.3, -0.25) is 4.79 Å². The van der Waals surface area contributed by atoms with Gasteiger partial charge in [-0.05, 0) is 25.9 Å². The van der Waals surface area contributed by atoms with Crippen LogP contribution in [-0.2, 0) is 4.79 Å². The second-order valence-corrected chi connectivity index (χ2v) is 4.27. The molecular weight excluding hydrogens is 192 g/mol. The average molecular weight is 214 g/mol. The maximum Gasteiger partial charge on any atom is 0.307 e. The first-order chi connectivity index (χ1) is 7.17. The average Bonchev–Trinajstić information content (AvgIpc) is 2.25. The Kier molecular flexibility index (Phi) is 5.05. The molecule has 88 valence electrons. The van der Waals surface area contributed by atoms with Crippen molar-refractivity contribution in [2.75, 3.05) is 26.2 Å². The van der Waals surface area contributed by atoms with E-state index in [0.717, 1.165) is 32.5 Å². The molecule has 1 aliphatic rings. The van der Waals surface area contributed by atoms with E-state index in [2.05, 4.69) is 24.1 Å². The normalized spacial score (nSPS) is 27.9. The van der Waals surface area contributed by atoms with Crippen molar-refractivity contribution in [2.45, 2.75) is 32.7 Å². The lowest BCUT2D eigenvalue weighted by molar-refractivity contribution is -0.144. The zero-order valence-electron chi connectivity index (χ0n) is 9.70. The van der Waals surface area contributed by atoms with Crippen molar-refractivity contribution in [3.8, 4) is 0 Å². The van der Waals surface area contributed by atoms with E-state index in [0.29, 0.717) is 12.6 Å². The van der Waals surface area contributed by atoms with Crippen molar-refractivity contribution in [1.29, 1.82) is 0 Å². The fraction of sp³-hybridized carbons (Fsp3) is 0.909. The number of nitrogens with zero attached hydrogens (tertiary/aromatic N) is 1. The van der Waals surface area contributed by atoms with Gasteiger partial charge >= 0.3 is 5.97 Å². The zero-order chi connectivity index (χ0) is 11.3. The van der Waals surface area contributed by atoms with Gasteiger partial charge in [-0.15, -0.1) is 0 Å². The molecule has 0 saturated carbocycles. The minimum Gasteiger partial charge on any atom is -0.481 e. The highest BCUT2D eigenvalue weighted by atomic mass is 16.4. The molecule has 2 unspecified atom stereocenters. The van der Waals surface area contributed by atoms with Gasteiger partial charge in [0.15, 0.2) is 0 Å². The molecule has 0 radical (unpaired) electrons. The van der Waals surface area contributed by atoms with Crippen molar-refractivity contribution >= 4 is 5.97 Å². The number of carboxylic acid groups (broad SMARTS) is 1. The molecule has 1 aliphatic heterocycles. The van der Waals surface area contributed by atoms with Gasteiger partial charge in [0.25, 0.3) is 0 Å². The molecule has 15 heavy (non-hydrogen) atoms. The number of hydrogen-bond acceptors (Lipinski definition) is 3. The van der Waals surface area contributed by atoms with Crippen LogP contribution in [0.4, 0.5) is 0 Å². The first kappa shape index (κ1) is 12.5. The fourth-order valence-electron chi connectivity index (χ4n) is 2.12. The first-order valence-corrected chi connectivity index (χ1v) is 5.85. The molecule has 4 heteroatoms. The van der Waals surface area contributed by atoms with E-state index in [4.69, 9.17) is 5.11 Å². The van der Waals surface area contributed by atoms with Gasteiger partial charge < -0.3 is 15.3 Å². The van der Waals surface area contributed by atoms with Crippen LogP contribution in [0.2, 0.25) is 0 Å². The molecule has 1 fully saturated rings. The summed E-state index contributed by atoms with van der Waals surface area (Å²) < 4.78 is 0. The van der Waals surface area contributed by atoms with Gasteiger partial charge in [-0.25, -0.2) is 0 Å². The number of hydrogen-bond donors (Lipinski definition) is 2. The Morgan fingerprint density at radius 3 is 2.73 bits per heavy atom. The number of nitrogens with one attached hydrogen (secondary N) is 1. The predicted octanol–water partition coefficient (Wildman–Crippen LogP) is 0.781. The molecule has 1 rings (SSSR count). The summed E-state index contributed by atoms with van der Waals surface area (Å²) in [5.74, 6) is -0.857. The fourth-order valence-corrected chi connectivity index (χ4v) is 2.12. The summed E-state index contributed by atoms with van der Waals surface area (Å²) in [6, 6.07) is 0.347. The van der Waals surface area contributed by atoms with Gasteiger partial charge in [-0.1, -0.05) is 13.8 Å². The third kappa shape index (κ3) is 3.80. The Morgan fingerprint density at radius 2 is 2.20 bits per heavy atom. The molecule has 0 aliphatic carbocycles. The molecular formula is C11H22N2O2. The van der Waals surface area contributed by atoms with E-state index in [1.165, 1.54) is 0 Å². The van der Waals surface area contributed by atoms with Crippen molar-refractivity contribution in [3.05, 3.63) is 0 Å². The third-order valence-corrected chi connectivity index (χ3v) is 3.01. The van der Waals surface area contributed by atoms with Gasteiger partial charge in [-0.2, -0.15) is 0 Å². The van der Waals surface area contributed by atoms with Crippen LogP contribution in [0.15, 0.2) is 0 Å². The Bertz CT molecular complexity index is 209. The number of piperidine rings is 1. The van der Waals surface area contributed by atoms with Gasteiger partial charge in [0, 0.05) is 19.1 Å². The summed E-state index contributed by atoms with van der Waals surface area (Å²) >= 11 is 0. The summed E-state index contributed by atoms with van der Waals surface area (Å²) in [5.41, 5.74) is 0. The molecule has 2 atom stereocenters. The minimum absolute atomic E-state index is 0.201. The van der Waals surface area contributed by atoms with Crippen LogP contribution in [0.25, 0.3) is 0 Å². The number of likely N-dealkylation sites (tertiary alicyclic amines) is 1. The topological polar surface area (TPSA) is 52.6 Å². The SMILES string of the molecule is CCCNC1CC(C(=O)O)CN(CC)C1. The second-order valence-electron chi connectivity index (χ2n) is 4.27. The summed E-state index contributed by atoms with van der Waals surface area (Å²) in [4.78, 5) is 13.2. The highest BCUT2D eigenvalue weighted by Gasteiger charge is 2.30. The lowest BCUT2D eigenvalue weighted by Crippen LogP contribution is -2.50. The molecule has 0 aromatic heterocycles. The first-order valence-electron chi connectivity index (χ1n) is 5.85. The van der Waals surface area contributed by atoms with Crippen molar-refractivity contribution in [1.82, 2.24) is 10.2 Å². The number of carboxylic acids is 1. The molecule has 0 bridgehead atoms. The Morgan fingerprint density at radius 1 is 1.47 bits per heavy atom. The standard InChI is InChI=1S/C11H22N2O2/c1-3-5-12-10-6-9(11(14)15)7-13(4-2)8-10/h9-10,12H,3-8H2,1-2H3,(H,14,15). The lowest BCUT2D eigenvalue weighted by Gasteiger charge is -2.35. The number of aliphatic carboxylic acids is 1. The van der Waals surface area contributed by atoms with E-state index < -0.39 is 5.97 Å². The predicted molar refractivity (Wildman–Crippen MR) is 59.9 cm³/mol. The van der Waals surface area contributed by atoms with Crippen molar-refractivity contribution in [3.63, 3.8) is 0 Å². The smallest absolute Gasteiger partial charge is 0.307 e. The molecule has 0 aromatic rings. The van der Waals surface area contributed by atoms with Crippen LogP contribution in [0.3, 0.4) is 0 Å². The van der Waals surface area contributed by atoms with Crippen molar-refractivity contribution < 1.29 is 9.90 Å². The highest BCUT2D eigenvalue weighted by molar-refractivity contribution is 5.70. The summed E-state index contributed by atoms with van der Waals surface area (Å²) in [7, 11) is 0. The Balaban J connectivity index is 2.47. The summed E-state index contributed by atoms with van der Waals surface area (Å²) in [5, 5.41) is 12.5. The van der Waals surface area contributed by atoms with Crippen LogP contribution >= 0.6 is 0 Å². The van der Waals surface area contributed by atoms with Gasteiger partial charge in [0.2, 0.25) is 0 Å². The monoisotopic (exact) mass is 214 g/mol. The van der Waals surface area contributed by atoms with E-state index in [1.807, 2.05) is 0 Å². The van der Waals surface area contributed by atoms with E-state index >= 15 is 0 Å². The summed E-state index contributed by atoms with van der Waals surface area (Å²) in [6.07, 6.45) is 1.87. The molecule has 0 amide bonds. The molecule has 0 aromatic carbocycles. The second kappa shape index (κ2) is 6.08. The maximum absolute atomic E-state index is 11.0. The van der Waals surface area contributed by atoms with Gasteiger partial charge in [0.1, 0.15) is 0 Å². The van der Waals surface area contributed by atoms with Crippen molar-refractivity contribution in [2.24, 2.45) is 5.92 Å². The number of likely N-dealkylation sites (N-methyl/N-ethyl adjacent to an activating group) is 1. The Labute approximate surface area is 91.6 Å². The zero-order valence-corrected chi connectivity index (χ0v) is 9.70. The Hall–Kier alpha value is -0.610. The van der Waals surface area contributed by atoms with Crippen LogP contribution in [-0.4, -0.2) is 48.2 Å². The third-order valence-electron chi connectivity index (χ3n) is 3.01. The molecule has 2 N–H and O–H groups in total. The van der Waals surface area contributed by atoms with E-state index in [-0.39, 0.29) is 5.92 Å². The van der Waals surface area contributed by atoms with Crippen LogP contribution in [0.5, 0.6) is 0 Å². The quantitative estimate of drug-likeness (QED) is 0.710. The molecule has 1 heterocycles. The number of carbonyl (C=O) groups is 1. The maximum atomic E-state index is 11.0.